The van der Waals surface area contributed by atoms with E-state index in [1.807, 2.05) is 0 Å². The Bertz CT molecular complexity index is 417. The predicted octanol–water partition coefficient (Wildman–Crippen LogP) is 0.344. The minimum Gasteiger partial charge on any atom is -0.391 e. The fraction of sp³-hybridized carbons (Fsp3) is 0.385. The van der Waals surface area contributed by atoms with Crippen LogP contribution in [0.5, 0.6) is 0 Å². The molecule has 4 N–H and O–H groups in total. The summed E-state index contributed by atoms with van der Waals surface area (Å²) in [5.74, 6) is 1.15. The van der Waals surface area contributed by atoms with Crippen LogP contribution in [0.25, 0.3) is 6.08 Å². The minimum absolute atomic E-state index is 0.0278. The summed E-state index contributed by atoms with van der Waals surface area (Å²) in [5, 5.41) is 11.2. The zero-order valence-corrected chi connectivity index (χ0v) is 11.5. The second-order valence-corrected chi connectivity index (χ2v) is 3.33. The number of aliphatic hydroxyl groups excluding tert-OH is 1. The molecule has 0 amide bonds. The highest BCUT2D eigenvalue weighted by molar-refractivity contribution is 5.70. The Morgan fingerprint density at radius 1 is 1.50 bits per heavy atom. The van der Waals surface area contributed by atoms with Gasteiger partial charge in [-0.25, -0.2) is 9.97 Å². The van der Waals surface area contributed by atoms with Crippen molar-refractivity contribution in [3.8, 4) is 12.8 Å². The number of nitrogen functional groups attached to an aromatic ring is 1. The average Bonchev–Trinajstić information content (AvgIpc) is 3.03. The third kappa shape index (κ3) is 5.67. The zero-order valence-electron chi connectivity index (χ0n) is 11.5. The molecule has 0 unspecified atom stereocenters. The summed E-state index contributed by atoms with van der Waals surface area (Å²) >= 11 is 0. The van der Waals surface area contributed by atoms with Crippen molar-refractivity contribution in [1.29, 1.82) is 0 Å². The maximum Gasteiger partial charge on any atom is 0.180 e. The Kier molecular flexibility index (Phi) is 9.60. The van der Waals surface area contributed by atoms with Crippen molar-refractivity contribution >= 4 is 17.7 Å². The normalized spacial score (nSPS) is 13.4. The van der Waals surface area contributed by atoms with E-state index in [1.165, 1.54) is 6.33 Å². The van der Waals surface area contributed by atoms with E-state index in [0.717, 1.165) is 5.56 Å². The van der Waals surface area contributed by atoms with Crippen molar-refractivity contribution in [1.82, 2.24) is 9.97 Å². The molecular formula is C13H20N4O3. The molecule has 0 saturated carbocycles. The van der Waals surface area contributed by atoms with Gasteiger partial charge in [0.15, 0.2) is 6.29 Å². The average molecular weight is 280 g/mol. The third-order valence-corrected chi connectivity index (χ3v) is 2.20. The Balaban J connectivity index is 0.000000345. The van der Waals surface area contributed by atoms with Crippen molar-refractivity contribution < 1.29 is 14.6 Å². The van der Waals surface area contributed by atoms with Crippen LogP contribution in [0.4, 0.5) is 11.6 Å². The first-order valence-corrected chi connectivity index (χ1v) is 5.81. The molecule has 110 valence electrons. The first-order chi connectivity index (χ1) is 9.72. The van der Waals surface area contributed by atoms with Gasteiger partial charge in [0.1, 0.15) is 18.0 Å². The van der Waals surface area contributed by atoms with E-state index in [4.69, 9.17) is 20.3 Å². The highest BCUT2D eigenvalue weighted by Gasteiger charge is 2.12. The quantitative estimate of drug-likeness (QED) is 0.686. The van der Waals surface area contributed by atoms with Gasteiger partial charge in [0, 0.05) is 7.05 Å². The summed E-state index contributed by atoms with van der Waals surface area (Å²) in [6.07, 6.45) is 10.7. The molecule has 0 atom stereocenters. The lowest BCUT2D eigenvalue weighted by Gasteiger charge is -2.04. The van der Waals surface area contributed by atoms with E-state index in [9.17, 15) is 0 Å². The van der Waals surface area contributed by atoms with Crippen LogP contribution in [-0.4, -0.2) is 48.2 Å². The van der Waals surface area contributed by atoms with E-state index < -0.39 is 0 Å². The van der Waals surface area contributed by atoms with Gasteiger partial charge in [0.25, 0.3) is 0 Å². The molecule has 1 aromatic heterocycles. The summed E-state index contributed by atoms with van der Waals surface area (Å²) in [6.45, 7) is 4.81. The van der Waals surface area contributed by atoms with E-state index in [2.05, 4.69) is 34.7 Å². The number of terminal acetylenes is 1. The van der Waals surface area contributed by atoms with Crippen LogP contribution < -0.4 is 11.1 Å². The molecule has 2 rings (SSSR count). The second kappa shape index (κ2) is 10.8. The lowest BCUT2D eigenvalue weighted by molar-refractivity contribution is -0.0747. The number of hydrogen-bond donors (Lipinski definition) is 3. The predicted molar refractivity (Wildman–Crippen MR) is 78.7 cm³/mol. The number of aromatic nitrogens is 2. The minimum atomic E-state index is -0.347. The largest absolute Gasteiger partial charge is 0.391 e. The summed E-state index contributed by atoms with van der Waals surface area (Å²) in [4.78, 5) is 7.77. The summed E-state index contributed by atoms with van der Waals surface area (Å²) < 4.78 is 9.66. The lowest BCUT2D eigenvalue weighted by atomic mass is 10.3. The molecule has 7 heteroatoms. The number of ether oxygens (including phenoxy) is 2. The highest BCUT2D eigenvalue weighted by Crippen LogP contribution is 2.16. The van der Waals surface area contributed by atoms with Crippen molar-refractivity contribution in [3.05, 3.63) is 18.5 Å². The van der Waals surface area contributed by atoms with Crippen molar-refractivity contribution in [2.75, 3.05) is 37.9 Å². The smallest absolute Gasteiger partial charge is 0.180 e. The molecular weight excluding hydrogens is 260 g/mol. The lowest BCUT2D eigenvalue weighted by Crippen LogP contribution is -2.11. The van der Waals surface area contributed by atoms with Gasteiger partial charge >= 0.3 is 0 Å². The first kappa shape index (κ1) is 17.9. The molecule has 1 aliphatic heterocycles. The first-order valence-electron chi connectivity index (χ1n) is 5.81. The molecule has 20 heavy (non-hydrogen) atoms. The van der Waals surface area contributed by atoms with Crippen LogP contribution >= 0.6 is 0 Å². The number of hydrogen-bond acceptors (Lipinski definition) is 7. The molecule has 0 bridgehead atoms. The molecule has 1 saturated heterocycles. The number of nitrogens with one attached hydrogen (secondary N) is 1. The van der Waals surface area contributed by atoms with Gasteiger partial charge in [-0.05, 0) is 0 Å². The summed E-state index contributed by atoms with van der Waals surface area (Å²) in [5.41, 5.74) is 6.29. The van der Waals surface area contributed by atoms with Crippen LogP contribution in [0.3, 0.4) is 0 Å². The van der Waals surface area contributed by atoms with Crippen molar-refractivity contribution in [2.24, 2.45) is 0 Å². The Morgan fingerprint density at radius 3 is 2.45 bits per heavy atom. The van der Waals surface area contributed by atoms with Crippen LogP contribution in [0.1, 0.15) is 5.56 Å². The monoisotopic (exact) mass is 280 g/mol. The fourth-order valence-electron chi connectivity index (χ4n) is 1.32. The molecule has 1 aliphatic rings. The number of anilines is 2. The zero-order chi connectivity index (χ0) is 15.4. The topological polar surface area (TPSA) is 103 Å². The SMILES string of the molecule is C#C.C=Cc1c(N)ncnc1NC.OCC1OCCO1. The van der Waals surface area contributed by atoms with Gasteiger partial charge in [-0.3, -0.25) is 0 Å². The maximum atomic E-state index is 8.32. The van der Waals surface area contributed by atoms with Crippen molar-refractivity contribution in [2.45, 2.75) is 6.29 Å². The third-order valence-electron chi connectivity index (χ3n) is 2.20. The van der Waals surface area contributed by atoms with Crippen LogP contribution in [0.2, 0.25) is 0 Å². The van der Waals surface area contributed by atoms with Gasteiger partial charge in [-0.1, -0.05) is 12.7 Å². The summed E-state index contributed by atoms with van der Waals surface area (Å²) in [6, 6.07) is 0. The van der Waals surface area contributed by atoms with Crippen molar-refractivity contribution in [3.63, 3.8) is 0 Å². The highest BCUT2D eigenvalue weighted by atomic mass is 16.7. The fourth-order valence-corrected chi connectivity index (χ4v) is 1.32. The molecule has 2 heterocycles. The number of nitrogens with zero attached hydrogens (tertiary/aromatic N) is 2. The van der Waals surface area contributed by atoms with E-state index >= 15 is 0 Å². The van der Waals surface area contributed by atoms with Crippen LogP contribution in [-0.2, 0) is 9.47 Å². The van der Waals surface area contributed by atoms with Crippen LogP contribution in [0.15, 0.2) is 12.9 Å². The van der Waals surface area contributed by atoms with E-state index in [-0.39, 0.29) is 12.9 Å². The number of rotatable bonds is 3. The molecule has 0 aliphatic carbocycles. The van der Waals surface area contributed by atoms with Gasteiger partial charge in [0.05, 0.1) is 25.4 Å². The molecule has 0 radical (unpaired) electrons. The van der Waals surface area contributed by atoms with Gasteiger partial charge in [-0.2, -0.15) is 0 Å². The Labute approximate surface area is 118 Å². The number of nitrogens with two attached hydrogens (primary N) is 1. The molecule has 0 spiro atoms. The van der Waals surface area contributed by atoms with Gasteiger partial charge in [-0.15, -0.1) is 12.8 Å². The number of aliphatic hydroxyl groups is 1. The maximum absolute atomic E-state index is 8.32. The van der Waals surface area contributed by atoms with E-state index in [0.29, 0.717) is 24.8 Å². The Morgan fingerprint density at radius 2 is 2.10 bits per heavy atom. The Hall–Kier alpha value is -2.14. The van der Waals surface area contributed by atoms with Gasteiger partial charge in [0.2, 0.25) is 0 Å². The molecule has 1 fully saturated rings. The summed E-state index contributed by atoms with van der Waals surface area (Å²) in [7, 11) is 1.77. The van der Waals surface area contributed by atoms with E-state index in [1.54, 1.807) is 13.1 Å². The van der Waals surface area contributed by atoms with Gasteiger partial charge < -0.3 is 25.6 Å². The molecule has 7 nitrogen and oxygen atoms in total. The standard InChI is InChI=1S/C7H10N4.C4H8O3.C2H2/c1-3-5-6(8)10-4-11-7(5)9-2;5-3-4-6-1-2-7-4;1-2/h3-4H,1H2,2H3,(H3,8,9,10,11);4-5H,1-3H2;1-2H. The molecule has 0 aromatic carbocycles. The second-order valence-electron chi connectivity index (χ2n) is 3.33. The van der Waals surface area contributed by atoms with Crippen LogP contribution in [0, 0.1) is 12.8 Å². The molecule has 1 aromatic rings.